The molecule has 0 saturated carbocycles. The fourth-order valence-electron chi connectivity index (χ4n) is 3.14. The summed E-state index contributed by atoms with van der Waals surface area (Å²) in [5.74, 6) is -2.72. The number of benzene rings is 2. The lowest BCUT2D eigenvalue weighted by Gasteiger charge is -2.14. The molecule has 3 aromatic rings. The number of hydrogen-bond donors (Lipinski definition) is 1. The van der Waals surface area contributed by atoms with Crippen molar-refractivity contribution < 1.29 is 14.3 Å². The zero-order valence-corrected chi connectivity index (χ0v) is 15.3. The average Bonchev–Trinajstić information content (AvgIpc) is 3.10. The van der Waals surface area contributed by atoms with Crippen LogP contribution in [0.1, 0.15) is 28.8 Å². The number of amides is 1. The number of ether oxygens (including phenoxy) is 1. The highest BCUT2D eigenvalue weighted by atomic mass is 16.5. The summed E-state index contributed by atoms with van der Waals surface area (Å²) in [6.07, 6.45) is 1.60. The Morgan fingerprint density at radius 2 is 1.71 bits per heavy atom. The SMILES string of the molecule is CCOC(=O)c1cn(-c2ccccc2)c(-c2ccccc2)c1C(C#N)C(N)=O. The van der Waals surface area contributed by atoms with E-state index in [-0.39, 0.29) is 17.7 Å². The van der Waals surface area contributed by atoms with Crippen LogP contribution < -0.4 is 5.73 Å². The van der Waals surface area contributed by atoms with Gasteiger partial charge in [0.05, 0.1) is 23.9 Å². The number of carbonyl (C=O) groups is 2. The van der Waals surface area contributed by atoms with E-state index in [0.29, 0.717) is 5.69 Å². The fraction of sp³-hybridized carbons (Fsp3) is 0.136. The van der Waals surface area contributed by atoms with E-state index in [9.17, 15) is 14.9 Å². The maximum Gasteiger partial charge on any atom is 0.340 e. The van der Waals surface area contributed by atoms with Gasteiger partial charge in [0, 0.05) is 17.4 Å². The van der Waals surface area contributed by atoms with Gasteiger partial charge in [-0.2, -0.15) is 5.26 Å². The molecule has 28 heavy (non-hydrogen) atoms. The molecule has 1 atom stereocenters. The Balaban J connectivity index is 2.39. The smallest absolute Gasteiger partial charge is 0.340 e. The standard InChI is InChI=1S/C22H19N3O3/c1-2-28-22(27)18-14-25(16-11-7-4-8-12-16)20(15-9-5-3-6-10-15)19(18)17(13-23)21(24)26/h3-12,14,17H,2H2,1H3,(H2,24,26). The number of hydrogen-bond acceptors (Lipinski definition) is 4. The molecule has 2 aromatic carbocycles. The third-order valence-corrected chi connectivity index (χ3v) is 4.32. The number of nitrogens with zero attached hydrogens (tertiary/aromatic N) is 2. The van der Waals surface area contributed by atoms with Crippen LogP contribution in [0, 0.1) is 11.3 Å². The molecule has 1 heterocycles. The minimum absolute atomic E-state index is 0.148. The molecule has 0 fully saturated rings. The van der Waals surface area contributed by atoms with Crippen LogP contribution >= 0.6 is 0 Å². The molecule has 0 aliphatic rings. The number of rotatable bonds is 6. The van der Waals surface area contributed by atoms with Crippen molar-refractivity contribution in [3.05, 3.63) is 78.0 Å². The Bertz CT molecular complexity index is 1030. The Morgan fingerprint density at radius 3 is 2.25 bits per heavy atom. The number of primary amides is 1. The summed E-state index contributed by atoms with van der Waals surface area (Å²) < 4.78 is 6.95. The van der Waals surface area contributed by atoms with Crippen LogP contribution in [-0.2, 0) is 9.53 Å². The molecular weight excluding hydrogens is 354 g/mol. The van der Waals surface area contributed by atoms with E-state index in [4.69, 9.17) is 10.5 Å². The van der Waals surface area contributed by atoms with Gasteiger partial charge in [-0.05, 0) is 24.6 Å². The van der Waals surface area contributed by atoms with Crippen LogP contribution in [0.2, 0.25) is 0 Å². The molecule has 1 amide bonds. The molecular formula is C22H19N3O3. The van der Waals surface area contributed by atoms with E-state index in [2.05, 4.69) is 0 Å². The van der Waals surface area contributed by atoms with Crippen molar-refractivity contribution in [2.45, 2.75) is 12.8 Å². The first-order valence-corrected chi connectivity index (χ1v) is 8.80. The Hall–Kier alpha value is -3.85. The van der Waals surface area contributed by atoms with Crippen molar-refractivity contribution in [3.63, 3.8) is 0 Å². The Morgan fingerprint density at radius 1 is 1.11 bits per heavy atom. The number of carbonyl (C=O) groups excluding carboxylic acids is 2. The van der Waals surface area contributed by atoms with Crippen molar-refractivity contribution in [3.8, 4) is 23.0 Å². The summed E-state index contributed by atoms with van der Waals surface area (Å²) in [7, 11) is 0. The number of nitriles is 1. The number of para-hydroxylation sites is 1. The zero-order valence-electron chi connectivity index (χ0n) is 15.3. The predicted molar refractivity (Wildman–Crippen MR) is 105 cm³/mol. The van der Waals surface area contributed by atoms with Crippen LogP contribution in [0.25, 0.3) is 16.9 Å². The van der Waals surface area contributed by atoms with Crippen LogP contribution in [0.15, 0.2) is 66.9 Å². The Labute approximate surface area is 162 Å². The molecule has 6 nitrogen and oxygen atoms in total. The van der Waals surface area contributed by atoms with E-state index in [1.54, 1.807) is 17.7 Å². The molecule has 0 bridgehead atoms. The third kappa shape index (κ3) is 3.51. The first-order valence-electron chi connectivity index (χ1n) is 8.80. The highest BCUT2D eigenvalue weighted by Gasteiger charge is 2.32. The molecule has 0 radical (unpaired) electrons. The number of esters is 1. The van der Waals surface area contributed by atoms with Gasteiger partial charge >= 0.3 is 5.97 Å². The quantitative estimate of drug-likeness (QED) is 0.669. The summed E-state index contributed by atoms with van der Waals surface area (Å²) >= 11 is 0. The maximum absolute atomic E-state index is 12.6. The maximum atomic E-state index is 12.6. The average molecular weight is 373 g/mol. The second-order valence-corrected chi connectivity index (χ2v) is 6.06. The summed E-state index contributed by atoms with van der Waals surface area (Å²) in [4.78, 5) is 24.7. The van der Waals surface area contributed by atoms with Gasteiger partial charge in [-0.3, -0.25) is 4.79 Å². The van der Waals surface area contributed by atoms with Crippen molar-refractivity contribution >= 4 is 11.9 Å². The molecule has 0 aliphatic carbocycles. The minimum atomic E-state index is -1.29. The summed E-state index contributed by atoms with van der Waals surface area (Å²) in [6.45, 7) is 1.86. The molecule has 0 aliphatic heterocycles. The summed E-state index contributed by atoms with van der Waals surface area (Å²) in [5.41, 5.74) is 7.98. The molecule has 2 N–H and O–H groups in total. The minimum Gasteiger partial charge on any atom is -0.462 e. The molecule has 0 spiro atoms. The number of nitrogens with two attached hydrogens (primary N) is 1. The molecule has 1 unspecified atom stereocenters. The van der Waals surface area contributed by atoms with E-state index < -0.39 is 17.8 Å². The third-order valence-electron chi connectivity index (χ3n) is 4.32. The summed E-state index contributed by atoms with van der Waals surface area (Å²) in [5, 5.41) is 9.62. The van der Waals surface area contributed by atoms with Crippen molar-refractivity contribution in [2.75, 3.05) is 6.61 Å². The van der Waals surface area contributed by atoms with Crippen LogP contribution in [-0.4, -0.2) is 23.1 Å². The predicted octanol–water partition coefficient (Wildman–Crippen LogP) is 3.41. The van der Waals surface area contributed by atoms with Gasteiger partial charge in [0.2, 0.25) is 5.91 Å². The second-order valence-electron chi connectivity index (χ2n) is 6.06. The van der Waals surface area contributed by atoms with Gasteiger partial charge in [0.15, 0.2) is 5.92 Å². The van der Waals surface area contributed by atoms with Crippen molar-refractivity contribution in [1.29, 1.82) is 5.26 Å². The molecule has 0 saturated heterocycles. The van der Waals surface area contributed by atoms with E-state index in [1.807, 2.05) is 66.7 Å². The lowest BCUT2D eigenvalue weighted by atomic mass is 9.93. The first kappa shape index (κ1) is 18.9. The molecule has 1 aromatic heterocycles. The van der Waals surface area contributed by atoms with E-state index >= 15 is 0 Å². The largest absolute Gasteiger partial charge is 0.462 e. The Kier molecular flexibility index (Phi) is 5.56. The summed E-state index contributed by atoms with van der Waals surface area (Å²) in [6, 6.07) is 20.5. The molecule has 3 rings (SSSR count). The van der Waals surface area contributed by atoms with Crippen LogP contribution in [0.4, 0.5) is 0 Å². The normalized spacial score (nSPS) is 11.4. The van der Waals surface area contributed by atoms with E-state index in [1.165, 1.54) is 0 Å². The zero-order chi connectivity index (χ0) is 20.1. The van der Waals surface area contributed by atoms with Crippen LogP contribution in [0.5, 0.6) is 0 Å². The highest BCUT2D eigenvalue weighted by Crippen LogP contribution is 2.36. The van der Waals surface area contributed by atoms with Gasteiger partial charge in [-0.25, -0.2) is 4.79 Å². The molecule has 140 valence electrons. The van der Waals surface area contributed by atoms with Crippen LogP contribution in [0.3, 0.4) is 0 Å². The van der Waals surface area contributed by atoms with Crippen molar-refractivity contribution in [1.82, 2.24) is 4.57 Å². The van der Waals surface area contributed by atoms with Crippen molar-refractivity contribution in [2.24, 2.45) is 5.73 Å². The molecule has 6 heteroatoms. The lowest BCUT2D eigenvalue weighted by Crippen LogP contribution is -2.22. The number of aromatic nitrogens is 1. The fourth-order valence-corrected chi connectivity index (χ4v) is 3.14. The topological polar surface area (TPSA) is 98.1 Å². The van der Waals surface area contributed by atoms with Gasteiger partial charge < -0.3 is 15.0 Å². The first-order chi connectivity index (χ1) is 13.6. The van der Waals surface area contributed by atoms with Gasteiger partial charge in [-0.1, -0.05) is 48.5 Å². The highest BCUT2D eigenvalue weighted by molar-refractivity contribution is 5.99. The van der Waals surface area contributed by atoms with Gasteiger partial charge in [-0.15, -0.1) is 0 Å². The van der Waals surface area contributed by atoms with Gasteiger partial charge in [0.25, 0.3) is 0 Å². The lowest BCUT2D eigenvalue weighted by molar-refractivity contribution is -0.118. The van der Waals surface area contributed by atoms with Gasteiger partial charge in [0.1, 0.15) is 0 Å². The second kappa shape index (κ2) is 8.23. The monoisotopic (exact) mass is 373 g/mol. The van der Waals surface area contributed by atoms with E-state index in [0.717, 1.165) is 11.3 Å².